The van der Waals surface area contributed by atoms with Gasteiger partial charge in [-0.25, -0.2) is 9.37 Å². The maximum atomic E-state index is 13.0. The SMILES string of the molecule is O=C(c1cccc(OCc2ccc(F)cc2)c1)N1CCC[C@H](c2nccs2)C1. The van der Waals surface area contributed by atoms with E-state index in [0.717, 1.165) is 30.0 Å². The van der Waals surface area contributed by atoms with Crippen molar-refractivity contribution in [3.63, 3.8) is 0 Å². The van der Waals surface area contributed by atoms with Crippen molar-refractivity contribution < 1.29 is 13.9 Å². The molecule has 0 spiro atoms. The first-order valence-corrected chi connectivity index (χ1v) is 10.2. The van der Waals surface area contributed by atoms with Crippen molar-refractivity contribution in [3.8, 4) is 5.75 Å². The quantitative estimate of drug-likeness (QED) is 0.617. The van der Waals surface area contributed by atoms with Gasteiger partial charge >= 0.3 is 0 Å². The summed E-state index contributed by atoms with van der Waals surface area (Å²) in [6.07, 6.45) is 3.87. The lowest BCUT2D eigenvalue weighted by molar-refractivity contribution is 0.0706. The zero-order valence-electron chi connectivity index (χ0n) is 15.4. The van der Waals surface area contributed by atoms with Crippen LogP contribution < -0.4 is 4.74 Å². The minimum atomic E-state index is -0.270. The first-order chi connectivity index (χ1) is 13.7. The summed E-state index contributed by atoms with van der Waals surface area (Å²) in [4.78, 5) is 19.3. The highest BCUT2D eigenvalue weighted by molar-refractivity contribution is 7.09. The molecule has 2 heterocycles. The Balaban J connectivity index is 1.41. The van der Waals surface area contributed by atoms with Gasteiger partial charge in [0.1, 0.15) is 18.2 Å². The number of hydrogen-bond acceptors (Lipinski definition) is 4. The molecule has 6 heteroatoms. The molecule has 0 unspecified atom stereocenters. The zero-order valence-corrected chi connectivity index (χ0v) is 16.2. The van der Waals surface area contributed by atoms with Crippen LogP contribution in [-0.2, 0) is 6.61 Å². The van der Waals surface area contributed by atoms with E-state index in [1.807, 2.05) is 34.7 Å². The van der Waals surface area contributed by atoms with Crippen LogP contribution in [0.1, 0.15) is 39.7 Å². The molecule has 0 bridgehead atoms. The summed E-state index contributed by atoms with van der Waals surface area (Å²) in [5, 5.41) is 3.09. The molecular weight excluding hydrogens is 375 g/mol. The lowest BCUT2D eigenvalue weighted by Gasteiger charge is -2.32. The lowest BCUT2D eigenvalue weighted by Crippen LogP contribution is -2.39. The number of benzene rings is 2. The van der Waals surface area contributed by atoms with E-state index in [9.17, 15) is 9.18 Å². The summed E-state index contributed by atoms with van der Waals surface area (Å²) in [7, 11) is 0. The second-order valence-electron chi connectivity index (χ2n) is 6.90. The molecule has 0 radical (unpaired) electrons. The topological polar surface area (TPSA) is 42.4 Å². The Morgan fingerprint density at radius 2 is 2.11 bits per heavy atom. The normalized spacial score (nSPS) is 16.8. The van der Waals surface area contributed by atoms with Gasteiger partial charge in [0.05, 0.1) is 5.01 Å². The van der Waals surface area contributed by atoms with Crippen LogP contribution >= 0.6 is 11.3 Å². The van der Waals surface area contributed by atoms with Crippen LogP contribution in [0.3, 0.4) is 0 Å². The van der Waals surface area contributed by atoms with E-state index in [2.05, 4.69) is 4.98 Å². The Labute approximate surface area is 167 Å². The van der Waals surface area contributed by atoms with Crippen LogP contribution in [0.2, 0.25) is 0 Å². The van der Waals surface area contributed by atoms with Gasteiger partial charge in [0.15, 0.2) is 0 Å². The van der Waals surface area contributed by atoms with Crippen LogP contribution in [0.15, 0.2) is 60.1 Å². The number of aromatic nitrogens is 1. The highest BCUT2D eigenvalue weighted by Crippen LogP contribution is 2.29. The van der Waals surface area contributed by atoms with Gasteiger partial charge in [-0.05, 0) is 48.7 Å². The molecule has 1 aliphatic rings. The fourth-order valence-corrected chi connectivity index (χ4v) is 4.22. The minimum absolute atomic E-state index is 0.0217. The van der Waals surface area contributed by atoms with Gasteiger partial charge in [-0.1, -0.05) is 18.2 Å². The fourth-order valence-electron chi connectivity index (χ4n) is 3.45. The van der Waals surface area contributed by atoms with E-state index in [0.29, 0.717) is 30.4 Å². The molecule has 1 saturated heterocycles. The smallest absolute Gasteiger partial charge is 0.254 e. The Morgan fingerprint density at radius 1 is 1.25 bits per heavy atom. The highest BCUT2D eigenvalue weighted by Gasteiger charge is 2.27. The van der Waals surface area contributed by atoms with E-state index in [-0.39, 0.29) is 11.7 Å². The molecule has 0 saturated carbocycles. The lowest BCUT2D eigenvalue weighted by atomic mass is 9.98. The average molecular weight is 396 g/mol. The van der Waals surface area contributed by atoms with Gasteiger partial charge in [0, 0.05) is 36.1 Å². The largest absolute Gasteiger partial charge is 0.489 e. The molecule has 1 atom stereocenters. The second-order valence-corrected chi connectivity index (χ2v) is 7.83. The molecule has 28 heavy (non-hydrogen) atoms. The Morgan fingerprint density at radius 3 is 2.89 bits per heavy atom. The van der Waals surface area contributed by atoms with Gasteiger partial charge in [-0.3, -0.25) is 4.79 Å². The van der Waals surface area contributed by atoms with Gasteiger partial charge in [-0.15, -0.1) is 11.3 Å². The van der Waals surface area contributed by atoms with E-state index in [4.69, 9.17) is 4.74 Å². The van der Waals surface area contributed by atoms with Crippen LogP contribution in [-0.4, -0.2) is 28.9 Å². The van der Waals surface area contributed by atoms with Crippen molar-refractivity contribution in [1.82, 2.24) is 9.88 Å². The standard InChI is InChI=1S/C22H21FN2O2S/c23-19-8-6-16(7-9-19)15-27-20-5-1-3-17(13-20)22(26)25-11-2-4-18(14-25)21-24-10-12-28-21/h1,3,5-10,12-13,18H,2,4,11,14-15H2/t18-/m0/s1. The van der Waals surface area contributed by atoms with E-state index in [1.165, 1.54) is 12.1 Å². The second kappa shape index (κ2) is 8.52. The molecule has 4 nitrogen and oxygen atoms in total. The third kappa shape index (κ3) is 4.39. The molecule has 3 aromatic rings. The van der Waals surface area contributed by atoms with Crippen LogP contribution in [0.4, 0.5) is 4.39 Å². The number of amides is 1. The van der Waals surface area contributed by atoms with Crippen LogP contribution in [0.5, 0.6) is 5.75 Å². The number of piperidine rings is 1. The molecule has 4 rings (SSSR count). The van der Waals surface area contributed by atoms with E-state index < -0.39 is 0 Å². The number of hydrogen-bond donors (Lipinski definition) is 0. The Hall–Kier alpha value is -2.73. The van der Waals surface area contributed by atoms with Crippen molar-refractivity contribution in [3.05, 3.63) is 82.1 Å². The molecule has 0 aliphatic carbocycles. The summed E-state index contributed by atoms with van der Waals surface area (Å²) in [5.74, 6) is 0.696. The molecule has 1 fully saturated rings. The Kier molecular flexibility index (Phi) is 5.67. The maximum Gasteiger partial charge on any atom is 0.254 e. The monoisotopic (exact) mass is 396 g/mol. The summed E-state index contributed by atoms with van der Waals surface area (Å²) >= 11 is 1.65. The molecule has 0 N–H and O–H groups in total. The number of rotatable bonds is 5. The third-order valence-electron chi connectivity index (χ3n) is 4.91. The number of halogens is 1. The summed E-state index contributed by atoms with van der Waals surface area (Å²) in [6, 6.07) is 13.5. The maximum absolute atomic E-state index is 13.0. The number of carbonyl (C=O) groups excluding carboxylic acids is 1. The van der Waals surface area contributed by atoms with Gasteiger partial charge in [-0.2, -0.15) is 0 Å². The number of thiazole rings is 1. The number of likely N-dealkylation sites (tertiary alicyclic amines) is 1. The predicted molar refractivity (Wildman–Crippen MR) is 107 cm³/mol. The van der Waals surface area contributed by atoms with E-state index in [1.54, 1.807) is 29.5 Å². The van der Waals surface area contributed by atoms with Crippen LogP contribution in [0.25, 0.3) is 0 Å². The molecule has 1 amide bonds. The first kappa shape index (κ1) is 18.6. The van der Waals surface area contributed by atoms with Crippen LogP contribution in [0, 0.1) is 5.82 Å². The Bertz CT molecular complexity index is 928. The summed E-state index contributed by atoms with van der Waals surface area (Å²) in [6.45, 7) is 1.79. The molecular formula is C22H21FN2O2S. The minimum Gasteiger partial charge on any atom is -0.489 e. The van der Waals surface area contributed by atoms with Crippen molar-refractivity contribution in [1.29, 1.82) is 0 Å². The molecule has 144 valence electrons. The predicted octanol–water partition coefficient (Wildman–Crippen LogP) is 4.88. The molecule has 1 aliphatic heterocycles. The van der Waals surface area contributed by atoms with Crippen molar-refractivity contribution in [2.45, 2.75) is 25.4 Å². The average Bonchev–Trinajstić information content (AvgIpc) is 3.28. The first-order valence-electron chi connectivity index (χ1n) is 9.35. The van der Waals surface area contributed by atoms with Crippen molar-refractivity contribution in [2.24, 2.45) is 0 Å². The summed E-state index contributed by atoms with van der Waals surface area (Å²) < 4.78 is 18.8. The van der Waals surface area contributed by atoms with Gasteiger partial charge in [0.2, 0.25) is 0 Å². The zero-order chi connectivity index (χ0) is 19.3. The molecule has 2 aromatic carbocycles. The number of carbonyl (C=O) groups is 1. The van der Waals surface area contributed by atoms with Crippen molar-refractivity contribution >= 4 is 17.2 Å². The summed E-state index contributed by atoms with van der Waals surface area (Å²) in [5.41, 5.74) is 1.50. The van der Waals surface area contributed by atoms with Gasteiger partial charge < -0.3 is 9.64 Å². The van der Waals surface area contributed by atoms with Crippen molar-refractivity contribution in [2.75, 3.05) is 13.1 Å². The van der Waals surface area contributed by atoms with E-state index >= 15 is 0 Å². The third-order valence-corrected chi connectivity index (χ3v) is 5.85. The number of ether oxygens (including phenoxy) is 1. The molecule has 1 aromatic heterocycles. The number of nitrogens with zero attached hydrogens (tertiary/aromatic N) is 2. The van der Waals surface area contributed by atoms with Gasteiger partial charge in [0.25, 0.3) is 5.91 Å². The fraction of sp³-hybridized carbons (Fsp3) is 0.273. The highest BCUT2D eigenvalue weighted by atomic mass is 32.1.